The number of tetrazole rings is 1. The zero-order chi connectivity index (χ0) is 20.8. The lowest BCUT2D eigenvalue weighted by molar-refractivity contribution is -0.113. The quantitative estimate of drug-likeness (QED) is 0.569. The molecule has 2 heterocycles. The summed E-state index contributed by atoms with van der Waals surface area (Å²) in [7, 11) is 0. The van der Waals surface area contributed by atoms with Gasteiger partial charge in [0, 0.05) is 29.5 Å². The van der Waals surface area contributed by atoms with Gasteiger partial charge in [0.1, 0.15) is 0 Å². The maximum absolute atomic E-state index is 12.4. The topological polar surface area (TPSA) is 75.9 Å². The first-order chi connectivity index (χ1) is 14.7. The van der Waals surface area contributed by atoms with Gasteiger partial charge < -0.3 is 10.2 Å². The van der Waals surface area contributed by atoms with Crippen LogP contribution in [-0.2, 0) is 4.79 Å². The van der Waals surface area contributed by atoms with E-state index in [-0.39, 0.29) is 11.7 Å². The van der Waals surface area contributed by atoms with Gasteiger partial charge in [-0.25, -0.2) is 0 Å². The van der Waals surface area contributed by atoms with Crippen LogP contribution in [0.4, 0.5) is 11.4 Å². The van der Waals surface area contributed by atoms with Gasteiger partial charge >= 0.3 is 0 Å². The molecule has 0 spiro atoms. The van der Waals surface area contributed by atoms with Crippen LogP contribution in [0.2, 0.25) is 5.02 Å². The second-order valence-corrected chi connectivity index (χ2v) is 8.52. The van der Waals surface area contributed by atoms with Crippen LogP contribution >= 0.6 is 23.4 Å². The van der Waals surface area contributed by atoms with Gasteiger partial charge in [0.05, 0.1) is 11.4 Å². The summed E-state index contributed by atoms with van der Waals surface area (Å²) < 4.78 is 1.57. The first-order valence-electron chi connectivity index (χ1n) is 10.0. The van der Waals surface area contributed by atoms with Crippen LogP contribution < -0.4 is 10.2 Å². The van der Waals surface area contributed by atoms with Crippen LogP contribution in [0.15, 0.2) is 53.7 Å². The van der Waals surface area contributed by atoms with Gasteiger partial charge in [-0.15, -0.1) is 5.10 Å². The van der Waals surface area contributed by atoms with Crippen LogP contribution in [0.25, 0.3) is 5.69 Å². The van der Waals surface area contributed by atoms with E-state index in [0.717, 1.165) is 24.5 Å². The van der Waals surface area contributed by atoms with E-state index >= 15 is 0 Å². The lowest BCUT2D eigenvalue weighted by Gasteiger charge is -2.22. The maximum Gasteiger partial charge on any atom is 0.234 e. The number of halogens is 1. The lowest BCUT2D eigenvalue weighted by atomic mass is 10.2. The Labute approximate surface area is 184 Å². The minimum atomic E-state index is -0.108. The van der Waals surface area contributed by atoms with E-state index < -0.39 is 0 Å². The molecule has 7 nitrogen and oxygen atoms in total. The van der Waals surface area contributed by atoms with Crippen molar-refractivity contribution >= 4 is 40.6 Å². The Kier molecular flexibility index (Phi) is 6.86. The summed E-state index contributed by atoms with van der Waals surface area (Å²) in [6.07, 6.45) is 5.10. The van der Waals surface area contributed by atoms with Crippen LogP contribution in [0.5, 0.6) is 0 Å². The van der Waals surface area contributed by atoms with Crippen LogP contribution in [0.3, 0.4) is 0 Å². The number of rotatable bonds is 6. The van der Waals surface area contributed by atoms with Crippen molar-refractivity contribution in [3.05, 3.63) is 53.6 Å². The molecule has 9 heteroatoms. The second kappa shape index (κ2) is 9.95. The molecule has 156 valence electrons. The molecule has 0 unspecified atom stereocenters. The van der Waals surface area contributed by atoms with Gasteiger partial charge in [0.2, 0.25) is 11.1 Å². The van der Waals surface area contributed by atoms with Gasteiger partial charge in [0.15, 0.2) is 0 Å². The maximum atomic E-state index is 12.4. The largest absolute Gasteiger partial charge is 0.372 e. The number of carbonyl (C=O) groups is 1. The van der Waals surface area contributed by atoms with E-state index in [1.54, 1.807) is 16.8 Å². The molecule has 4 rings (SSSR count). The molecule has 1 aromatic heterocycles. The monoisotopic (exact) mass is 442 g/mol. The van der Waals surface area contributed by atoms with Crippen molar-refractivity contribution in [2.45, 2.75) is 30.8 Å². The first-order valence-corrected chi connectivity index (χ1v) is 11.4. The smallest absolute Gasteiger partial charge is 0.234 e. The number of benzene rings is 2. The molecule has 1 aliphatic heterocycles. The number of anilines is 2. The average molecular weight is 443 g/mol. The predicted octanol–water partition coefficient (Wildman–Crippen LogP) is 4.43. The number of nitrogens with one attached hydrogen (secondary N) is 1. The second-order valence-electron chi connectivity index (χ2n) is 7.14. The number of thioether (sulfide) groups is 1. The summed E-state index contributed by atoms with van der Waals surface area (Å²) in [5.41, 5.74) is 2.75. The summed E-state index contributed by atoms with van der Waals surface area (Å²) in [6.45, 7) is 2.20. The number of aromatic nitrogens is 4. The van der Waals surface area contributed by atoms with Gasteiger partial charge in [-0.1, -0.05) is 42.3 Å². The molecule has 0 saturated carbocycles. The molecule has 0 atom stereocenters. The van der Waals surface area contributed by atoms with Crippen LogP contribution in [0, 0.1) is 0 Å². The summed E-state index contributed by atoms with van der Waals surface area (Å²) >= 11 is 7.32. The molecule has 3 aromatic rings. The standard InChI is InChI=1S/C21H23ClN6OS/c22-16-6-5-7-19(14-16)28-21(24-25-26-28)30-15-20(29)23-17-8-10-18(11-9-17)27-12-3-1-2-4-13-27/h5-11,14H,1-4,12-13,15H2,(H,23,29). The van der Waals surface area contributed by atoms with Gasteiger partial charge in [-0.2, -0.15) is 4.68 Å². The Balaban J connectivity index is 1.33. The minimum absolute atomic E-state index is 0.108. The third-order valence-corrected chi connectivity index (χ3v) is 6.10. The van der Waals surface area contributed by atoms with Crippen LogP contribution in [0.1, 0.15) is 25.7 Å². The molecule has 0 aliphatic carbocycles. The Hall–Kier alpha value is -2.58. The molecule has 30 heavy (non-hydrogen) atoms. The molecule has 0 bridgehead atoms. The zero-order valence-electron chi connectivity index (χ0n) is 16.5. The number of hydrogen-bond donors (Lipinski definition) is 1. The van der Waals surface area contributed by atoms with E-state index in [2.05, 4.69) is 37.9 Å². The van der Waals surface area contributed by atoms with E-state index in [9.17, 15) is 4.79 Å². The summed E-state index contributed by atoms with van der Waals surface area (Å²) in [5, 5.41) is 15.8. The third-order valence-electron chi connectivity index (χ3n) is 4.95. The SMILES string of the molecule is O=C(CSc1nnnn1-c1cccc(Cl)c1)Nc1ccc(N2CCCCCC2)cc1. The van der Waals surface area contributed by atoms with Gasteiger partial charge in [-0.3, -0.25) is 4.79 Å². The van der Waals surface area contributed by atoms with Crippen molar-refractivity contribution in [3.8, 4) is 5.69 Å². The summed E-state index contributed by atoms with van der Waals surface area (Å²) in [5.74, 6) is 0.0950. The lowest BCUT2D eigenvalue weighted by Crippen LogP contribution is -2.23. The Morgan fingerprint density at radius 2 is 1.80 bits per heavy atom. The van der Waals surface area contributed by atoms with Crippen molar-refractivity contribution < 1.29 is 4.79 Å². The van der Waals surface area contributed by atoms with Crippen molar-refractivity contribution in [1.82, 2.24) is 20.2 Å². The van der Waals surface area contributed by atoms with Crippen molar-refractivity contribution in [2.75, 3.05) is 29.1 Å². The molecular weight excluding hydrogens is 420 g/mol. The van der Waals surface area contributed by atoms with E-state index in [0.29, 0.717) is 10.2 Å². The Bertz CT molecular complexity index is 985. The highest BCUT2D eigenvalue weighted by Crippen LogP contribution is 2.23. The fraction of sp³-hybridized carbons (Fsp3) is 0.333. The fourth-order valence-corrected chi connectivity index (χ4v) is 4.33. The van der Waals surface area contributed by atoms with Crippen molar-refractivity contribution in [3.63, 3.8) is 0 Å². The average Bonchev–Trinajstić information content (AvgIpc) is 3.06. The van der Waals surface area contributed by atoms with Crippen LogP contribution in [-0.4, -0.2) is 45.0 Å². The Morgan fingerprint density at radius 1 is 1.03 bits per heavy atom. The molecule has 1 fully saturated rings. The molecule has 1 N–H and O–H groups in total. The van der Waals surface area contributed by atoms with Crippen molar-refractivity contribution in [2.24, 2.45) is 0 Å². The molecular formula is C21H23ClN6OS. The summed E-state index contributed by atoms with van der Waals surface area (Å²) in [6, 6.07) is 15.3. The number of carbonyl (C=O) groups excluding carboxylic acids is 1. The van der Waals surface area contributed by atoms with Crippen molar-refractivity contribution in [1.29, 1.82) is 0 Å². The van der Waals surface area contributed by atoms with Gasteiger partial charge in [-0.05, 0) is 65.7 Å². The highest BCUT2D eigenvalue weighted by molar-refractivity contribution is 7.99. The fourth-order valence-electron chi connectivity index (χ4n) is 3.45. The number of hydrogen-bond acceptors (Lipinski definition) is 6. The highest BCUT2D eigenvalue weighted by atomic mass is 35.5. The molecule has 1 amide bonds. The molecule has 2 aromatic carbocycles. The molecule has 1 saturated heterocycles. The highest BCUT2D eigenvalue weighted by Gasteiger charge is 2.13. The van der Waals surface area contributed by atoms with E-state index in [1.165, 1.54) is 43.1 Å². The number of nitrogens with zero attached hydrogens (tertiary/aromatic N) is 5. The van der Waals surface area contributed by atoms with E-state index in [4.69, 9.17) is 11.6 Å². The molecule has 1 aliphatic rings. The number of amides is 1. The minimum Gasteiger partial charge on any atom is -0.372 e. The normalized spacial score (nSPS) is 14.4. The predicted molar refractivity (Wildman–Crippen MR) is 121 cm³/mol. The van der Waals surface area contributed by atoms with Gasteiger partial charge in [0.25, 0.3) is 0 Å². The van der Waals surface area contributed by atoms with E-state index in [1.807, 2.05) is 24.3 Å². The molecule has 0 radical (unpaired) electrons. The zero-order valence-corrected chi connectivity index (χ0v) is 18.1. The summed E-state index contributed by atoms with van der Waals surface area (Å²) in [4.78, 5) is 14.8. The third kappa shape index (κ3) is 5.31. The first kappa shape index (κ1) is 20.7. The Morgan fingerprint density at radius 3 is 2.53 bits per heavy atom.